The number of thiophene rings is 2. The summed E-state index contributed by atoms with van der Waals surface area (Å²) >= 11 is 3.54. The van der Waals surface area contributed by atoms with Crippen molar-refractivity contribution in [2.75, 3.05) is 13.6 Å². The van der Waals surface area contributed by atoms with Crippen molar-refractivity contribution < 1.29 is 4.79 Å². The molecule has 3 nitrogen and oxygen atoms in total. The molecule has 114 valence electrons. The third-order valence-electron chi connectivity index (χ3n) is 3.50. The Labute approximate surface area is 134 Å². The molecule has 1 unspecified atom stereocenters. The van der Waals surface area contributed by atoms with Crippen molar-refractivity contribution in [2.24, 2.45) is 5.41 Å². The average molecular weight is 322 g/mol. The first-order valence-corrected chi connectivity index (χ1v) is 8.80. The number of amides is 1. The molecular formula is C16H22N2OS2. The second-order valence-electron chi connectivity index (χ2n) is 5.70. The molecule has 1 amide bonds. The van der Waals surface area contributed by atoms with E-state index in [4.69, 9.17) is 0 Å². The van der Waals surface area contributed by atoms with Crippen LogP contribution in [0.2, 0.25) is 0 Å². The first-order chi connectivity index (χ1) is 10.0. The maximum absolute atomic E-state index is 11.9. The molecular weight excluding hydrogens is 300 g/mol. The van der Waals surface area contributed by atoms with Gasteiger partial charge in [-0.15, -0.1) is 22.7 Å². The van der Waals surface area contributed by atoms with Crippen LogP contribution in [0.15, 0.2) is 35.0 Å². The van der Waals surface area contributed by atoms with Crippen LogP contribution in [-0.4, -0.2) is 19.5 Å². The fourth-order valence-electron chi connectivity index (χ4n) is 2.19. The molecule has 0 aliphatic rings. The highest BCUT2D eigenvalue weighted by atomic mass is 32.1. The van der Waals surface area contributed by atoms with Gasteiger partial charge in [0.1, 0.15) is 0 Å². The van der Waals surface area contributed by atoms with Crippen molar-refractivity contribution in [1.29, 1.82) is 0 Å². The van der Waals surface area contributed by atoms with Crippen molar-refractivity contribution in [3.63, 3.8) is 0 Å². The molecule has 1 atom stereocenters. The van der Waals surface area contributed by atoms with Crippen LogP contribution < -0.4 is 10.6 Å². The Balaban J connectivity index is 2.05. The van der Waals surface area contributed by atoms with Gasteiger partial charge in [-0.05, 0) is 36.7 Å². The molecule has 0 aliphatic heterocycles. The second-order valence-corrected chi connectivity index (χ2v) is 7.71. The molecule has 0 bridgehead atoms. The molecule has 2 aromatic rings. The summed E-state index contributed by atoms with van der Waals surface area (Å²) in [5.74, 6) is 0.0658. The lowest BCUT2D eigenvalue weighted by atomic mass is 9.91. The van der Waals surface area contributed by atoms with E-state index in [9.17, 15) is 4.79 Å². The topological polar surface area (TPSA) is 41.1 Å². The van der Waals surface area contributed by atoms with E-state index in [-0.39, 0.29) is 11.9 Å². The maximum atomic E-state index is 11.9. The van der Waals surface area contributed by atoms with Crippen molar-refractivity contribution >= 4 is 28.6 Å². The maximum Gasteiger partial charge on any atom is 0.226 e. The average Bonchev–Trinajstić information content (AvgIpc) is 3.15. The first-order valence-electron chi connectivity index (χ1n) is 7.04. The van der Waals surface area contributed by atoms with Gasteiger partial charge in [0.15, 0.2) is 0 Å². The van der Waals surface area contributed by atoms with Gasteiger partial charge in [-0.3, -0.25) is 4.79 Å². The molecule has 0 fully saturated rings. The largest absolute Gasteiger partial charge is 0.359 e. The Bertz CT molecular complexity index is 547. The summed E-state index contributed by atoms with van der Waals surface area (Å²) in [7, 11) is 1.69. The summed E-state index contributed by atoms with van der Waals surface area (Å²) in [6.45, 7) is 4.59. The zero-order valence-corrected chi connectivity index (χ0v) is 14.3. The second kappa shape index (κ2) is 7.20. The van der Waals surface area contributed by atoms with E-state index in [2.05, 4.69) is 45.7 Å². The predicted molar refractivity (Wildman–Crippen MR) is 90.9 cm³/mol. The van der Waals surface area contributed by atoms with Crippen molar-refractivity contribution in [1.82, 2.24) is 10.6 Å². The van der Waals surface area contributed by atoms with Gasteiger partial charge in [0.05, 0.1) is 5.41 Å². The minimum atomic E-state index is -0.417. The van der Waals surface area contributed by atoms with Gasteiger partial charge in [-0.2, -0.15) is 0 Å². The zero-order valence-electron chi connectivity index (χ0n) is 12.7. The van der Waals surface area contributed by atoms with E-state index >= 15 is 0 Å². The minimum absolute atomic E-state index is 0.0658. The lowest BCUT2D eigenvalue weighted by molar-refractivity contribution is -0.128. The lowest BCUT2D eigenvalue weighted by Gasteiger charge is -2.26. The van der Waals surface area contributed by atoms with E-state index < -0.39 is 5.41 Å². The summed E-state index contributed by atoms with van der Waals surface area (Å²) in [4.78, 5) is 14.6. The van der Waals surface area contributed by atoms with Crippen LogP contribution in [-0.2, 0) is 11.2 Å². The SMILES string of the molecule is CNC(=O)C(C)(C)CNC(Cc1cccs1)c1cccs1. The van der Waals surface area contributed by atoms with E-state index in [0.717, 1.165) is 6.42 Å². The zero-order chi connectivity index (χ0) is 15.3. The van der Waals surface area contributed by atoms with Crippen LogP contribution in [0.4, 0.5) is 0 Å². The minimum Gasteiger partial charge on any atom is -0.359 e. The molecule has 21 heavy (non-hydrogen) atoms. The van der Waals surface area contributed by atoms with Crippen LogP contribution in [0.1, 0.15) is 29.6 Å². The van der Waals surface area contributed by atoms with Gasteiger partial charge in [-0.1, -0.05) is 12.1 Å². The number of hydrogen-bond donors (Lipinski definition) is 2. The summed E-state index contributed by atoms with van der Waals surface area (Å²) in [5, 5.41) is 10.5. The monoisotopic (exact) mass is 322 g/mol. The fraction of sp³-hybridized carbons (Fsp3) is 0.438. The van der Waals surface area contributed by atoms with E-state index in [1.54, 1.807) is 29.7 Å². The van der Waals surface area contributed by atoms with E-state index in [0.29, 0.717) is 6.54 Å². The van der Waals surface area contributed by atoms with Gasteiger partial charge in [0, 0.05) is 35.8 Å². The first kappa shape index (κ1) is 16.2. The molecule has 2 rings (SSSR count). The number of nitrogens with one attached hydrogen (secondary N) is 2. The number of rotatable bonds is 7. The molecule has 0 spiro atoms. The fourth-order valence-corrected chi connectivity index (χ4v) is 3.74. The molecule has 0 aliphatic carbocycles. The predicted octanol–water partition coefficient (Wildman–Crippen LogP) is 3.46. The summed E-state index contributed by atoms with van der Waals surface area (Å²) in [5.41, 5.74) is -0.417. The molecule has 0 radical (unpaired) electrons. The third-order valence-corrected chi connectivity index (χ3v) is 5.39. The van der Waals surface area contributed by atoms with Crippen molar-refractivity contribution in [3.8, 4) is 0 Å². The smallest absolute Gasteiger partial charge is 0.226 e. The van der Waals surface area contributed by atoms with E-state index in [1.165, 1.54) is 9.75 Å². The molecule has 2 aromatic heterocycles. The number of hydrogen-bond acceptors (Lipinski definition) is 4. The van der Waals surface area contributed by atoms with Crippen LogP contribution in [0.25, 0.3) is 0 Å². The Morgan fingerprint density at radius 2 is 1.95 bits per heavy atom. The van der Waals surface area contributed by atoms with Crippen LogP contribution in [0, 0.1) is 5.41 Å². The molecule has 0 aromatic carbocycles. The summed E-state index contributed by atoms with van der Waals surface area (Å²) in [6.07, 6.45) is 0.960. The molecule has 0 saturated carbocycles. The lowest BCUT2D eigenvalue weighted by Crippen LogP contribution is -2.43. The third kappa shape index (κ3) is 4.40. The van der Waals surface area contributed by atoms with Gasteiger partial charge >= 0.3 is 0 Å². The van der Waals surface area contributed by atoms with Gasteiger partial charge in [0.25, 0.3) is 0 Å². The highest BCUT2D eigenvalue weighted by molar-refractivity contribution is 7.10. The van der Waals surface area contributed by atoms with Crippen LogP contribution in [0.3, 0.4) is 0 Å². The number of carbonyl (C=O) groups is 1. The Kier molecular flexibility index (Phi) is 5.56. The van der Waals surface area contributed by atoms with Gasteiger partial charge in [0.2, 0.25) is 5.91 Å². The molecule has 2 N–H and O–H groups in total. The quantitative estimate of drug-likeness (QED) is 0.820. The summed E-state index contributed by atoms with van der Waals surface area (Å²) in [6, 6.07) is 8.74. The summed E-state index contributed by atoms with van der Waals surface area (Å²) < 4.78 is 0. The highest BCUT2D eigenvalue weighted by Crippen LogP contribution is 2.26. The van der Waals surface area contributed by atoms with Gasteiger partial charge < -0.3 is 10.6 Å². The van der Waals surface area contributed by atoms with Crippen molar-refractivity contribution in [2.45, 2.75) is 26.3 Å². The highest BCUT2D eigenvalue weighted by Gasteiger charge is 2.27. The van der Waals surface area contributed by atoms with Crippen LogP contribution in [0.5, 0.6) is 0 Å². The molecule has 2 heterocycles. The normalized spacial score (nSPS) is 13.1. The van der Waals surface area contributed by atoms with Crippen LogP contribution >= 0.6 is 22.7 Å². The Morgan fingerprint density at radius 1 is 1.24 bits per heavy atom. The molecule has 5 heteroatoms. The number of carbonyl (C=O) groups excluding carboxylic acids is 1. The standard InChI is InChI=1S/C16H22N2OS2/c1-16(2,15(19)17-3)11-18-13(14-7-5-9-21-14)10-12-6-4-8-20-12/h4-9,13,18H,10-11H2,1-3H3,(H,17,19). The van der Waals surface area contributed by atoms with Gasteiger partial charge in [-0.25, -0.2) is 0 Å². The van der Waals surface area contributed by atoms with E-state index in [1.807, 2.05) is 13.8 Å². The molecule has 0 saturated heterocycles. The Morgan fingerprint density at radius 3 is 2.52 bits per heavy atom. The Hall–Kier alpha value is -1.17. The van der Waals surface area contributed by atoms with Crippen molar-refractivity contribution in [3.05, 3.63) is 44.8 Å².